The van der Waals surface area contributed by atoms with Gasteiger partial charge in [0.15, 0.2) is 11.5 Å². The number of hydrogen-bond donors (Lipinski definition) is 0. The number of benzene rings is 3. The molecule has 1 amide bonds. The zero-order chi connectivity index (χ0) is 24.3. The minimum Gasteiger partial charge on any atom is -0.489 e. The molecule has 0 N–H and O–H groups in total. The Morgan fingerprint density at radius 1 is 0.829 bits per heavy atom. The lowest BCUT2D eigenvalue weighted by atomic mass is 10.1. The van der Waals surface area contributed by atoms with Crippen LogP contribution in [-0.4, -0.2) is 62.9 Å². The average molecular weight is 495 g/mol. The van der Waals surface area contributed by atoms with Crippen molar-refractivity contribution >= 4 is 15.9 Å². The molecule has 0 radical (unpaired) electrons. The maximum atomic E-state index is 13.3. The largest absolute Gasteiger partial charge is 0.489 e. The smallest absolute Gasteiger partial charge is 0.254 e. The molecule has 0 aliphatic carbocycles. The monoisotopic (exact) mass is 494 g/mol. The number of nitrogens with zero attached hydrogens (tertiary/aromatic N) is 2. The SMILES string of the molecule is O=C(c1ccccc1COc1ccccc1)N1CCN(S(=O)(=O)c2ccc3c(c2)OCCO3)CC1. The molecule has 35 heavy (non-hydrogen) atoms. The number of hydrogen-bond acceptors (Lipinski definition) is 6. The highest BCUT2D eigenvalue weighted by atomic mass is 32.2. The van der Waals surface area contributed by atoms with Gasteiger partial charge in [0.25, 0.3) is 5.91 Å². The van der Waals surface area contributed by atoms with E-state index < -0.39 is 10.0 Å². The van der Waals surface area contributed by atoms with E-state index in [1.807, 2.05) is 48.5 Å². The number of fused-ring (bicyclic) bond motifs is 1. The Balaban J connectivity index is 1.25. The van der Waals surface area contributed by atoms with E-state index in [0.29, 0.717) is 43.4 Å². The van der Waals surface area contributed by atoms with E-state index in [-0.39, 0.29) is 30.5 Å². The summed E-state index contributed by atoms with van der Waals surface area (Å²) in [4.78, 5) is 15.1. The van der Waals surface area contributed by atoms with Crippen molar-refractivity contribution in [1.29, 1.82) is 0 Å². The third-order valence-electron chi connectivity index (χ3n) is 6.06. The van der Waals surface area contributed by atoms with Gasteiger partial charge in [-0.1, -0.05) is 36.4 Å². The minimum atomic E-state index is -3.72. The second kappa shape index (κ2) is 9.97. The van der Waals surface area contributed by atoms with Gasteiger partial charge in [0.05, 0.1) is 4.90 Å². The van der Waals surface area contributed by atoms with Crippen molar-refractivity contribution in [2.24, 2.45) is 0 Å². The third kappa shape index (κ3) is 4.96. The van der Waals surface area contributed by atoms with Gasteiger partial charge in [-0.15, -0.1) is 0 Å². The molecule has 0 aromatic heterocycles. The number of rotatable bonds is 6. The van der Waals surface area contributed by atoms with Crippen molar-refractivity contribution in [3.63, 3.8) is 0 Å². The topological polar surface area (TPSA) is 85.4 Å². The molecular formula is C26H26N2O6S. The normalized spacial score (nSPS) is 16.1. The molecule has 1 saturated heterocycles. The van der Waals surface area contributed by atoms with Crippen molar-refractivity contribution in [2.45, 2.75) is 11.5 Å². The van der Waals surface area contributed by atoms with Crippen LogP contribution in [-0.2, 0) is 16.6 Å². The molecule has 2 aliphatic heterocycles. The second-order valence-corrected chi connectivity index (χ2v) is 10.2. The number of piperazine rings is 1. The van der Waals surface area contributed by atoms with Gasteiger partial charge in [0.1, 0.15) is 25.6 Å². The first-order valence-electron chi connectivity index (χ1n) is 11.5. The molecule has 3 aromatic carbocycles. The van der Waals surface area contributed by atoms with Gasteiger partial charge >= 0.3 is 0 Å². The Morgan fingerprint density at radius 2 is 1.51 bits per heavy atom. The zero-order valence-corrected chi connectivity index (χ0v) is 19.9. The molecule has 0 atom stereocenters. The summed E-state index contributed by atoms with van der Waals surface area (Å²) < 4.78 is 44.7. The number of para-hydroxylation sites is 1. The predicted molar refractivity (Wildman–Crippen MR) is 129 cm³/mol. The van der Waals surface area contributed by atoms with Gasteiger partial charge in [0, 0.05) is 43.4 Å². The van der Waals surface area contributed by atoms with Crippen LogP contribution in [0.4, 0.5) is 0 Å². The summed E-state index contributed by atoms with van der Waals surface area (Å²) in [6.07, 6.45) is 0. The molecule has 2 heterocycles. The Hall–Kier alpha value is -3.56. The van der Waals surface area contributed by atoms with Gasteiger partial charge in [-0.25, -0.2) is 8.42 Å². The molecule has 3 aromatic rings. The first kappa shape index (κ1) is 23.2. The van der Waals surface area contributed by atoms with Crippen LogP contribution in [0.3, 0.4) is 0 Å². The van der Waals surface area contributed by atoms with Crippen LogP contribution in [0, 0.1) is 0 Å². The lowest BCUT2D eigenvalue weighted by Crippen LogP contribution is -2.50. The van der Waals surface area contributed by atoms with Crippen molar-refractivity contribution in [1.82, 2.24) is 9.21 Å². The maximum Gasteiger partial charge on any atom is 0.254 e. The van der Waals surface area contributed by atoms with Gasteiger partial charge in [0.2, 0.25) is 10.0 Å². The zero-order valence-electron chi connectivity index (χ0n) is 19.1. The van der Waals surface area contributed by atoms with E-state index in [0.717, 1.165) is 11.3 Å². The van der Waals surface area contributed by atoms with Crippen LogP contribution in [0.2, 0.25) is 0 Å². The molecule has 0 saturated carbocycles. The van der Waals surface area contributed by atoms with Crippen molar-refractivity contribution in [3.8, 4) is 17.2 Å². The molecule has 8 nitrogen and oxygen atoms in total. The number of amides is 1. The quantitative estimate of drug-likeness (QED) is 0.523. The van der Waals surface area contributed by atoms with Crippen LogP contribution in [0.1, 0.15) is 15.9 Å². The summed E-state index contributed by atoms with van der Waals surface area (Å²) >= 11 is 0. The molecular weight excluding hydrogens is 468 g/mol. The lowest BCUT2D eigenvalue weighted by molar-refractivity contribution is 0.0695. The highest BCUT2D eigenvalue weighted by Gasteiger charge is 2.32. The van der Waals surface area contributed by atoms with E-state index in [9.17, 15) is 13.2 Å². The first-order valence-corrected chi connectivity index (χ1v) is 12.9. The molecule has 0 spiro atoms. The van der Waals surface area contributed by atoms with E-state index in [1.54, 1.807) is 17.0 Å². The van der Waals surface area contributed by atoms with Crippen LogP contribution >= 0.6 is 0 Å². The Morgan fingerprint density at radius 3 is 2.29 bits per heavy atom. The van der Waals surface area contributed by atoms with E-state index >= 15 is 0 Å². The van der Waals surface area contributed by atoms with Gasteiger partial charge in [-0.2, -0.15) is 4.31 Å². The minimum absolute atomic E-state index is 0.131. The van der Waals surface area contributed by atoms with Crippen LogP contribution in [0.25, 0.3) is 0 Å². The van der Waals surface area contributed by atoms with Crippen LogP contribution < -0.4 is 14.2 Å². The standard InChI is InChI=1S/C26H26N2O6S/c29-26(23-9-5-4-6-20(23)19-34-21-7-2-1-3-8-21)27-12-14-28(15-13-27)35(30,31)22-10-11-24-25(18-22)33-17-16-32-24/h1-11,18H,12-17,19H2. The fourth-order valence-electron chi connectivity index (χ4n) is 4.17. The summed E-state index contributed by atoms with van der Waals surface area (Å²) in [6, 6.07) is 21.4. The van der Waals surface area contributed by atoms with Crippen LogP contribution in [0.15, 0.2) is 77.7 Å². The second-order valence-electron chi connectivity index (χ2n) is 8.26. The van der Waals surface area contributed by atoms with E-state index in [1.165, 1.54) is 16.4 Å². The van der Waals surface area contributed by atoms with Crippen molar-refractivity contribution in [2.75, 3.05) is 39.4 Å². The van der Waals surface area contributed by atoms with Gasteiger partial charge in [-0.3, -0.25) is 4.79 Å². The van der Waals surface area contributed by atoms with Gasteiger partial charge in [-0.05, 0) is 30.3 Å². The van der Waals surface area contributed by atoms with Gasteiger partial charge < -0.3 is 19.1 Å². The predicted octanol–water partition coefficient (Wildman–Crippen LogP) is 3.18. The number of sulfonamides is 1. The molecule has 2 aliphatic rings. The first-order chi connectivity index (χ1) is 17.0. The molecule has 5 rings (SSSR count). The molecule has 0 unspecified atom stereocenters. The average Bonchev–Trinajstić information content (AvgIpc) is 2.92. The Kier molecular flexibility index (Phi) is 6.61. The number of ether oxygens (including phenoxy) is 3. The molecule has 1 fully saturated rings. The third-order valence-corrected chi connectivity index (χ3v) is 7.96. The van der Waals surface area contributed by atoms with Crippen LogP contribution in [0.5, 0.6) is 17.2 Å². The Labute approximate surface area is 204 Å². The summed E-state index contributed by atoms with van der Waals surface area (Å²) in [5.41, 5.74) is 1.35. The highest BCUT2D eigenvalue weighted by molar-refractivity contribution is 7.89. The molecule has 9 heteroatoms. The summed E-state index contributed by atoms with van der Waals surface area (Å²) in [7, 11) is -3.72. The fourth-order valence-corrected chi connectivity index (χ4v) is 5.61. The van der Waals surface area contributed by atoms with Crippen molar-refractivity contribution in [3.05, 3.63) is 83.9 Å². The molecule has 0 bridgehead atoms. The van der Waals surface area contributed by atoms with E-state index in [4.69, 9.17) is 14.2 Å². The maximum absolute atomic E-state index is 13.3. The van der Waals surface area contributed by atoms with Crippen molar-refractivity contribution < 1.29 is 27.4 Å². The Bertz CT molecular complexity index is 1300. The number of carbonyl (C=O) groups is 1. The number of carbonyl (C=O) groups excluding carboxylic acids is 1. The summed E-state index contributed by atoms with van der Waals surface area (Å²) in [5, 5.41) is 0. The highest BCUT2D eigenvalue weighted by Crippen LogP contribution is 2.33. The lowest BCUT2D eigenvalue weighted by Gasteiger charge is -2.34. The molecule has 182 valence electrons. The summed E-state index contributed by atoms with van der Waals surface area (Å²) in [5.74, 6) is 1.57. The van der Waals surface area contributed by atoms with E-state index in [2.05, 4.69) is 0 Å². The summed E-state index contributed by atoms with van der Waals surface area (Å²) in [6.45, 7) is 2.12. The fraction of sp³-hybridized carbons (Fsp3) is 0.269.